The zero-order valence-electron chi connectivity index (χ0n) is 11.7. The van der Waals surface area contributed by atoms with E-state index in [1.54, 1.807) is 18.3 Å². The molecule has 0 saturated heterocycles. The molecule has 0 fully saturated rings. The fourth-order valence-corrected chi connectivity index (χ4v) is 2.60. The average Bonchev–Trinajstić information content (AvgIpc) is 3.05. The molecular weight excluding hydrogens is 292 g/mol. The van der Waals surface area contributed by atoms with E-state index in [0.29, 0.717) is 11.5 Å². The summed E-state index contributed by atoms with van der Waals surface area (Å²) in [5.41, 5.74) is 0.110. The van der Waals surface area contributed by atoms with Crippen LogP contribution in [0.5, 0.6) is 0 Å². The number of hydrogen-bond donors (Lipinski definition) is 3. The number of carbonyl (C=O) groups is 2. The Morgan fingerprint density at radius 1 is 1.48 bits per heavy atom. The van der Waals surface area contributed by atoms with E-state index in [9.17, 15) is 9.59 Å². The molecule has 0 aliphatic heterocycles. The van der Waals surface area contributed by atoms with Crippen LogP contribution in [0.25, 0.3) is 0 Å². The van der Waals surface area contributed by atoms with E-state index in [1.807, 2.05) is 24.4 Å². The first-order valence-corrected chi connectivity index (χ1v) is 7.25. The lowest BCUT2D eigenvalue weighted by Gasteiger charge is -2.12. The van der Waals surface area contributed by atoms with Gasteiger partial charge in [-0.3, -0.25) is 0 Å². The van der Waals surface area contributed by atoms with Crippen molar-refractivity contribution in [3.63, 3.8) is 0 Å². The highest BCUT2D eigenvalue weighted by Gasteiger charge is 2.15. The van der Waals surface area contributed by atoms with Crippen LogP contribution in [-0.2, 0) is 6.54 Å². The van der Waals surface area contributed by atoms with Crippen molar-refractivity contribution < 1.29 is 19.1 Å². The van der Waals surface area contributed by atoms with E-state index in [2.05, 4.69) is 10.6 Å². The maximum absolute atomic E-state index is 11.8. The molecule has 2 heterocycles. The summed E-state index contributed by atoms with van der Waals surface area (Å²) in [5, 5.41) is 16.3. The van der Waals surface area contributed by atoms with Gasteiger partial charge in [-0.15, -0.1) is 11.3 Å². The van der Waals surface area contributed by atoms with Crippen LogP contribution in [0.3, 0.4) is 0 Å². The van der Waals surface area contributed by atoms with Crippen LogP contribution in [0.1, 0.15) is 39.7 Å². The van der Waals surface area contributed by atoms with Crippen molar-refractivity contribution in [2.24, 2.45) is 0 Å². The van der Waals surface area contributed by atoms with Crippen LogP contribution in [0.2, 0.25) is 0 Å². The molecule has 0 radical (unpaired) electrons. The summed E-state index contributed by atoms with van der Waals surface area (Å²) in [4.78, 5) is 23.7. The molecular formula is C14H16N2O4S. The molecule has 7 heteroatoms. The third-order valence-corrected chi connectivity index (χ3v) is 3.99. The highest BCUT2D eigenvalue weighted by atomic mass is 32.1. The second kappa shape index (κ2) is 6.45. The highest BCUT2D eigenvalue weighted by Crippen LogP contribution is 2.18. The van der Waals surface area contributed by atoms with Crippen LogP contribution < -0.4 is 10.6 Å². The summed E-state index contributed by atoms with van der Waals surface area (Å²) >= 11 is 1.57. The molecule has 0 aliphatic rings. The lowest BCUT2D eigenvalue weighted by molar-refractivity contribution is 0.0695. The molecule has 0 saturated carbocycles. The minimum absolute atomic E-state index is 0.0853. The number of aryl methyl sites for hydroxylation is 1. The number of furan rings is 1. The second-order valence-electron chi connectivity index (χ2n) is 4.55. The molecule has 2 aromatic rings. The standard InChI is InChI=1S/C14H16N2O4S/c1-8(12-4-3-5-21-12)16-14(19)15-7-10-6-11(13(17)18)9(2)20-10/h3-6,8H,7H2,1-2H3,(H,17,18)(H2,15,16,19). The van der Waals surface area contributed by atoms with Crippen LogP contribution in [0.4, 0.5) is 4.79 Å². The minimum atomic E-state index is -1.04. The highest BCUT2D eigenvalue weighted by molar-refractivity contribution is 7.10. The summed E-state index contributed by atoms with van der Waals surface area (Å²) < 4.78 is 5.28. The summed E-state index contributed by atoms with van der Waals surface area (Å²) in [5.74, 6) is -0.311. The molecule has 6 nitrogen and oxygen atoms in total. The van der Waals surface area contributed by atoms with Gasteiger partial charge in [-0.1, -0.05) is 6.07 Å². The van der Waals surface area contributed by atoms with E-state index in [0.717, 1.165) is 4.88 Å². The number of carboxylic acids is 1. The fraction of sp³-hybridized carbons (Fsp3) is 0.286. The molecule has 0 aliphatic carbocycles. The largest absolute Gasteiger partial charge is 0.478 e. The third kappa shape index (κ3) is 3.85. The topological polar surface area (TPSA) is 91.6 Å². The SMILES string of the molecule is Cc1oc(CNC(=O)NC(C)c2cccs2)cc1C(=O)O. The normalized spacial score (nSPS) is 11.9. The Bertz CT molecular complexity index is 633. The zero-order chi connectivity index (χ0) is 15.4. The van der Waals surface area contributed by atoms with Crippen molar-refractivity contribution in [3.8, 4) is 0 Å². The first-order chi connectivity index (χ1) is 9.97. The van der Waals surface area contributed by atoms with Crippen molar-refractivity contribution in [3.05, 3.63) is 45.5 Å². The van der Waals surface area contributed by atoms with Gasteiger partial charge in [-0.2, -0.15) is 0 Å². The Kier molecular flexibility index (Phi) is 4.64. The quantitative estimate of drug-likeness (QED) is 0.792. The maximum Gasteiger partial charge on any atom is 0.339 e. The van der Waals surface area contributed by atoms with Crippen molar-refractivity contribution in [2.45, 2.75) is 26.4 Å². The molecule has 2 amide bonds. The molecule has 2 rings (SSSR count). The van der Waals surface area contributed by atoms with Gasteiger partial charge in [-0.05, 0) is 31.4 Å². The molecule has 0 bridgehead atoms. The number of thiophene rings is 1. The Morgan fingerprint density at radius 3 is 2.81 bits per heavy atom. The molecule has 1 unspecified atom stereocenters. The number of rotatable bonds is 5. The lowest BCUT2D eigenvalue weighted by Crippen LogP contribution is -2.36. The number of urea groups is 1. The van der Waals surface area contributed by atoms with Crippen LogP contribution in [0, 0.1) is 6.92 Å². The molecule has 21 heavy (non-hydrogen) atoms. The molecule has 112 valence electrons. The number of nitrogens with one attached hydrogen (secondary N) is 2. The number of carbonyl (C=O) groups excluding carboxylic acids is 1. The van der Waals surface area contributed by atoms with Gasteiger partial charge in [0.05, 0.1) is 12.6 Å². The Hall–Kier alpha value is -2.28. The zero-order valence-corrected chi connectivity index (χ0v) is 12.5. The smallest absolute Gasteiger partial charge is 0.339 e. The Labute approximate surface area is 125 Å². The lowest BCUT2D eigenvalue weighted by atomic mass is 10.2. The predicted molar refractivity (Wildman–Crippen MR) is 78.5 cm³/mol. The number of amides is 2. The predicted octanol–water partition coefficient (Wildman–Crippen LogP) is 2.91. The van der Waals surface area contributed by atoms with Crippen molar-refractivity contribution in [2.75, 3.05) is 0 Å². The van der Waals surface area contributed by atoms with Gasteiger partial charge in [0.1, 0.15) is 17.1 Å². The Balaban J connectivity index is 1.86. The van der Waals surface area contributed by atoms with Crippen molar-refractivity contribution >= 4 is 23.3 Å². The molecule has 2 aromatic heterocycles. The fourth-order valence-electron chi connectivity index (χ4n) is 1.87. The van der Waals surface area contributed by atoms with Gasteiger partial charge in [0.25, 0.3) is 0 Å². The molecule has 3 N–H and O–H groups in total. The minimum Gasteiger partial charge on any atom is -0.478 e. The molecule has 1 atom stereocenters. The number of hydrogen-bond acceptors (Lipinski definition) is 4. The first kappa shape index (κ1) is 15.1. The summed E-state index contributed by atoms with van der Waals surface area (Å²) in [7, 11) is 0. The van der Waals surface area contributed by atoms with Crippen LogP contribution in [-0.4, -0.2) is 17.1 Å². The third-order valence-electron chi connectivity index (χ3n) is 2.94. The van der Waals surface area contributed by atoms with E-state index in [1.165, 1.54) is 6.07 Å². The van der Waals surface area contributed by atoms with E-state index < -0.39 is 5.97 Å². The number of carboxylic acid groups (broad SMARTS) is 1. The van der Waals surface area contributed by atoms with Gasteiger partial charge < -0.3 is 20.2 Å². The van der Waals surface area contributed by atoms with Crippen LogP contribution >= 0.6 is 11.3 Å². The summed E-state index contributed by atoms with van der Waals surface area (Å²) in [6.07, 6.45) is 0. The Morgan fingerprint density at radius 2 is 2.24 bits per heavy atom. The van der Waals surface area contributed by atoms with Crippen molar-refractivity contribution in [1.82, 2.24) is 10.6 Å². The monoisotopic (exact) mass is 308 g/mol. The van der Waals surface area contributed by atoms with Gasteiger partial charge >= 0.3 is 12.0 Å². The van der Waals surface area contributed by atoms with E-state index in [-0.39, 0.29) is 24.2 Å². The van der Waals surface area contributed by atoms with Crippen molar-refractivity contribution in [1.29, 1.82) is 0 Å². The number of aromatic carboxylic acids is 1. The van der Waals surface area contributed by atoms with Crippen LogP contribution in [0.15, 0.2) is 28.0 Å². The van der Waals surface area contributed by atoms with Gasteiger partial charge in [0.15, 0.2) is 0 Å². The molecule has 0 aromatic carbocycles. The molecule has 0 spiro atoms. The van der Waals surface area contributed by atoms with Gasteiger partial charge in [-0.25, -0.2) is 9.59 Å². The average molecular weight is 308 g/mol. The second-order valence-corrected chi connectivity index (χ2v) is 5.53. The maximum atomic E-state index is 11.8. The summed E-state index contributed by atoms with van der Waals surface area (Å²) in [6.45, 7) is 3.61. The summed E-state index contributed by atoms with van der Waals surface area (Å²) in [6, 6.07) is 4.88. The first-order valence-electron chi connectivity index (χ1n) is 6.37. The van der Waals surface area contributed by atoms with Gasteiger partial charge in [0, 0.05) is 4.88 Å². The van der Waals surface area contributed by atoms with Gasteiger partial charge in [0.2, 0.25) is 0 Å². The van der Waals surface area contributed by atoms with E-state index in [4.69, 9.17) is 9.52 Å². The van der Waals surface area contributed by atoms with E-state index >= 15 is 0 Å².